The van der Waals surface area contributed by atoms with Crippen LogP contribution in [0.5, 0.6) is 0 Å². The maximum absolute atomic E-state index is 11.5. The summed E-state index contributed by atoms with van der Waals surface area (Å²) in [5.74, 6) is 0.650. The highest BCUT2D eigenvalue weighted by molar-refractivity contribution is 5.89. The Morgan fingerprint density at radius 1 is 1.11 bits per heavy atom. The number of benzene rings is 1. The summed E-state index contributed by atoms with van der Waals surface area (Å²) in [5, 5.41) is 5.28. The molecule has 0 saturated carbocycles. The second-order valence-corrected chi connectivity index (χ2v) is 6.65. The molecule has 27 heavy (non-hydrogen) atoms. The maximum atomic E-state index is 11.5. The van der Waals surface area contributed by atoms with E-state index in [4.69, 9.17) is 4.74 Å². The molecule has 0 N–H and O–H groups in total. The third-order valence-corrected chi connectivity index (χ3v) is 4.96. The van der Waals surface area contributed by atoms with Crippen molar-refractivity contribution in [2.24, 2.45) is 7.05 Å². The molecule has 1 aromatic carbocycles. The summed E-state index contributed by atoms with van der Waals surface area (Å²) in [6.07, 6.45) is 3.44. The van der Waals surface area contributed by atoms with Crippen LogP contribution in [0.2, 0.25) is 0 Å². The molecule has 1 aliphatic rings. The normalized spacial score (nSPS) is 15.3. The number of carbonyl (C=O) groups excluding carboxylic acids is 1. The van der Waals surface area contributed by atoms with Gasteiger partial charge in [0.2, 0.25) is 0 Å². The fourth-order valence-electron chi connectivity index (χ4n) is 3.44. The van der Waals surface area contributed by atoms with Crippen LogP contribution in [-0.4, -0.2) is 63.9 Å². The van der Waals surface area contributed by atoms with E-state index < -0.39 is 0 Å². The van der Waals surface area contributed by atoms with Crippen molar-refractivity contribution in [2.75, 3.05) is 38.2 Å². The Morgan fingerprint density at radius 3 is 2.56 bits per heavy atom. The molecule has 1 aliphatic heterocycles. The predicted octanol–water partition coefficient (Wildman–Crippen LogP) is 1.47. The van der Waals surface area contributed by atoms with E-state index >= 15 is 0 Å². The summed E-state index contributed by atoms with van der Waals surface area (Å²) in [7, 11) is 3.29. The Hall–Kier alpha value is -3.00. The van der Waals surface area contributed by atoms with Crippen molar-refractivity contribution < 1.29 is 9.53 Å². The van der Waals surface area contributed by atoms with Gasteiger partial charge in [0.1, 0.15) is 12.1 Å². The lowest BCUT2D eigenvalue weighted by atomic mass is 10.1. The van der Waals surface area contributed by atoms with E-state index in [0.29, 0.717) is 5.56 Å². The molecule has 3 aromatic rings. The molecule has 1 fully saturated rings. The van der Waals surface area contributed by atoms with E-state index in [2.05, 4.69) is 24.9 Å². The van der Waals surface area contributed by atoms with Gasteiger partial charge >= 0.3 is 5.97 Å². The van der Waals surface area contributed by atoms with Gasteiger partial charge in [0.05, 0.1) is 24.3 Å². The van der Waals surface area contributed by atoms with Crippen molar-refractivity contribution in [3.63, 3.8) is 0 Å². The van der Waals surface area contributed by atoms with Crippen molar-refractivity contribution in [1.82, 2.24) is 24.6 Å². The molecule has 0 atom stereocenters. The second kappa shape index (κ2) is 7.32. The minimum absolute atomic E-state index is 0.304. The number of ether oxygens (including phenoxy) is 1. The highest BCUT2D eigenvalue weighted by Crippen LogP contribution is 2.23. The average Bonchev–Trinajstić information content (AvgIpc) is 3.10. The summed E-state index contributed by atoms with van der Waals surface area (Å²) in [6.45, 7) is 4.57. The summed E-state index contributed by atoms with van der Waals surface area (Å²) in [5.41, 5.74) is 2.62. The first kappa shape index (κ1) is 17.4. The summed E-state index contributed by atoms with van der Waals surface area (Å²) < 4.78 is 6.51. The van der Waals surface area contributed by atoms with Crippen LogP contribution in [-0.2, 0) is 18.3 Å². The Labute approximate surface area is 157 Å². The molecule has 0 bridgehead atoms. The van der Waals surface area contributed by atoms with Gasteiger partial charge in [-0.25, -0.2) is 14.8 Å². The van der Waals surface area contributed by atoms with Crippen LogP contribution in [0.15, 0.2) is 36.8 Å². The fourth-order valence-corrected chi connectivity index (χ4v) is 3.44. The number of hydrogen-bond donors (Lipinski definition) is 0. The van der Waals surface area contributed by atoms with Crippen LogP contribution in [0.3, 0.4) is 0 Å². The van der Waals surface area contributed by atoms with E-state index in [9.17, 15) is 4.79 Å². The summed E-state index contributed by atoms with van der Waals surface area (Å²) in [4.78, 5) is 25.0. The molecule has 4 rings (SSSR count). The van der Waals surface area contributed by atoms with Gasteiger partial charge in [0.25, 0.3) is 0 Å². The van der Waals surface area contributed by atoms with Crippen molar-refractivity contribution in [3.8, 4) is 0 Å². The second-order valence-electron chi connectivity index (χ2n) is 6.65. The number of esters is 1. The third kappa shape index (κ3) is 3.48. The topological polar surface area (TPSA) is 76.4 Å². The lowest BCUT2D eigenvalue weighted by molar-refractivity contribution is 0.0600. The number of methoxy groups -OCH3 is 1. The van der Waals surface area contributed by atoms with Gasteiger partial charge in [-0.3, -0.25) is 9.58 Å². The molecular weight excluding hydrogens is 344 g/mol. The number of aryl methyl sites for hydroxylation is 1. The van der Waals surface area contributed by atoms with Gasteiger partial charge < -0.3 is 9.64 Å². The molecular formula is C19H22N6O2. The maximum Gasteiger partial charge on any atom is 0.337 e. The monoisotopic (exact) mass is 366 g/mol. The number of hydrogen-bond acceptors (Lipinski definition) is 7. The number of carbonyl (C=O) groups is 1. The highest BCUT2D eigenvalue weighted by Gasteiger charge is 2.21. The SMILES string of the molecule is COC(=O)c1ccc(CN2CCN(c3ncnc4c3cnn4C)CC2)cc1. The fraction of sp³-hybridized carbons (Fsp3) is 0.368. The molecule has 0 radical (unpaired) electrons. The van der Waals surface area contributed by atoms with Crippen molar-refractivity contribution in [1.29, 1.82) is 0 Å². The molecule has 0 spiro atoms. The first-order valence-corrected chi connectivity index (χ1v) is 8.93. The Morgan fingerprint density at radius 2 is 1.85 bits per heavy atom. The van der Waals surface area contributed by atoms with Gasteiger partial charge in [0.15, 0.2) is 5.65 Å². The van der Waals surface area contributed by atoms with Gasteiger partial charge in [-0.1, -0.05) is 12.1 Å². The van der Waals surface area contributed by atoms with Gasteiger partial charge in [-0.15, -0.1) is 0 Å². The predicted molar refractivity (Wildman–Crippen MR) is 102 cm³/mol. The lowest BCUT2D eigenvalue weighted by Crippen LogP contribution is -2.46. The summed E-state index contributed by atoms with van der Waals surface area (Å²) in [6, 6.07) is 7.61. The number of anilines is 1. The first-order chi connectivity index (χ1) is 13.2. The molecule has 140 valence electrons. The molecule has 0 unspecified atom stereocenters. The van der Waals surface area contributed by atoms with Crippen LogP contribution in [0.25, 0.3) is 11.0 Å². The van der Waals surface area contributed by atoms with Gasteiger partial charge in [-0.2, -0.15) is 5.10 Å². The molecule has 8 nitrogen and oxygen atoms in total. The smallest absolute Gasteiger partial charge is 0.337 e. The quantitative estimate of drug-likeness (QED) is 0.647. The van der Waals surface area contributed by atoms with Crippen LogP contribution in [0.1, 0.15) is 15.9 Å². The Kier molecular flexibility index (Phi) is 4.72. The zero-order valence-corrected chi connectivity index (χ0v) is 15.5. The largest absolute Gasteiger partial charge is 0.465 e. The van der Waals surface area contributed by atoms with Crippen LogP contribution in [0.4, 0.5) is 5.82 Å². The number of nitrogens with zero attached hydrogens (tertiary/aromatic N) is 6. The number of piperazine rings is 1. The van der Waals surface area contributed by atoms with Crippen molar-refractivity contribution >= 4 is 22.8 Å². The van der Waals surface area contributed by atoms with E-state index in [1.54, 1.807) is 11.0 Å². The van der Waals surface area contributed by atoms with Crippen molar-refractivity contribution in [3.05, 3.63) is 47.9 Å². The number of rotatable bonds is 4. The minimum atomic E-state index is -0.304. The molecule has 8 heteroatoms. The Bertz CT molecular complexity index is 944. The Balaban J connectivity index is 1.39. The standard InChI is InChI=1S/C19H22N6O2/c1-23-17-16(11-22-23)18(21-13-20-17)25-9-7-24(8-10-25)12-14-3-5-15(6-4-14)19(26)27-2/h3-6,11,13H,7-10,12H2,1-2H3. The summed E-state index contributed by atoms with van der Waals surface area (Å²) >= 11 is 0. The first-order valence-electron chi connectivity index (χ1n) is 8.93. The highest BCUT2D eigenvalue weighted by atomic mass is 16.5. The number of fused-ring (bicyclic) bond motifs is 1. The van der Waals surface area contributed by atoms with E-state index in [0.717, 1.165) is 49.6 Å². The van der Waals surface area contributed by atoms with Crippen LogP contribution >= 0.6 is 0 Å². The molecule has 0 amide bonds. The lowest BCUT2D eigenvalue weighted by Gasteiger charge is -2.35. The van der Waals surface area contributed by atoms with Gasteiger partial charge in [0, 0.05) is 39.8 Å². The average molecular weight is 366 g/mol. The molecule has 0 aliphatic carbocycles. The minimum Gasteiger partial charge on any atom is -0.465 e. The van der Waals surface area contributed by atoms with E-state index in [1.807, 2.05) is 37.5 Å². The van der Waals surface area contributed by atoms with Crippen LogP contribution in [0, 0.1) is 0 Å². The van der Waals surface area contributed by atoms with Crippen LogP contribution < -0.4 is 4.90 Å². The number of aromatic nitrogens is 4. The van der Waals surface area contributed by atoms with E-state index in [-0.39, 0.29) is 5.97 Å². The zero-order valence-electron chi connectivity index (χ0n) is 15.5. The van der Waals surface area contributed by atoms with E-state index in [1.165, 1.54) is 12.7 Å². The molecule has 3 heterocycles. The van der Waals surface area contributed by atoms with Crippen molar-refractivity contribution in [2.45, 2.75) is 6.54 Å². The zero-order chi connectivity index (χ0) is 18.8. The molecule has 1 saturated heterocycles. The molecule has 2 aromatic heterocycles. The van der Waals surface area contributed by atoms with Gasteiger partial charge in [-0.05, 0) is 17.7 Å². The third-order valence-electron chi connectivity index (χ3n) is 4.96.